The van der Waals surface area contributed by atoms with Gasteiger partial charge >= 0.3 is 5.69 Å². The number of aryl methyl sites for hydroxylation is 1. The number of carbonyl (C=O) groups excluding carboxylic acids is 1. The van der Waals surface area contributed by atoms with Gasteiger partial charge in [-0.3, -0.25) is 14.2 Å². The van der Waals surface area contributed by atoms with E-state index in [0.29, 0.717) is 13.1 Å². The SMILES string of the molecule is CCCCNC(=O)Cn1c(=O)c(C#N)cn(CC)c1=O. The fourth-order valence-corrected chi connectivity index (χ4v) is 1.70. The zero-order chi connectivity index (χ0) is 15.1. The van der Waals surface area contributed by atoms with Crippen LogP contribution in [0.3, 0.4) is 0 Å². The molecule has 1 aromatic heterocycles. The van der Waals surface area contributed by atoms with E-state index in [1.165, 1.54) is 10.8 Å². The smallest absolute Gasteiger partial charge is 0.331 e. The molecule has 0 fully saturated rings. The third-order valence-electron chi connectivity index (χ3n) is 2.85. The molecule has 0 bridgehead atoms. The van der Waals surface area contributed by atoms with Crippen molar-refractivity contribution in [2.24, 2.45) is 0 Å². The van der Waals surface area contributed by atoms with Crippen LogP contribution in [0.2, 0.25) is 0 Å². The van der Waals surface area contributed by atoms with Crippen LogP contribution in [-0.2, 0) is 17.9 Å². The van der Waals surface area contributed by atoms with Crippen LogP contribution in [0.1, 0.15) is 32.3 Å². The van der Waals surface area contributed by atoms with Crippen LogP contribution < -0.4 is 16.6 Å². The average Bonchev–Trinajstić information content (AvgIpc) is 2.44. The molecule has 0 radical (unpaired) electrons. The van der Waals surface area contributed by atoms with Crippen molar-refractivity contribution in [2.45, 2.75) is 39.8 Å². The molecule has 7 heteroatoms. The highest BCUT2D eigenvalue weighted by molar-refractivity contribution is 5.75. The Morgan fingerprint density at radius 1 is 1.40 bits per heavy atom. The van der Waals surface area contributed by atoms with E-state index in [4.69, 9.17) is 5.26 Å². The topological polar surface area (TPSA) is 96.9 Å². The van der Waals surface area contributed by atoms with Gasteiger partial charge in [-0.05, 0) is 13.3 Å². The number of carbonyl (C=O) groups is 1. The maximum atomic E-state index is 12.0. The summed E-state index contributed by atoms with van der Waals surface area (Å²) in [7, 11) is 0. The lowest BCUT2D eigenvalue weighted by Crippen LogP contribution is -2.44. The number of unbranched alkanes of at least 4 members (excludes halogenated alkanes) is 1. The molecule has 20 heavy (non-hydrogen) atoms. The minimum atomic E-state index is -0.729. The second-order valence-corrected chi connectivity index (χ2v) is 4.32. The lowest BCUT2D eigenvalue weighted by Gasteiger charge is -2.09. The second kappa shape index (κ2) is 7.28. The van der Waals surface area contributed by atoms with Crippen molar-refractivity contribution in [3.63, 3.8) is 0 Å². The molecular weight excluding hydrogens is 260 g/mol. The van der Waals surface area contributed by atoms with E-state index in [9.17, 15) is 14.4 Å². The number of nitrogens with zero attached hydrogens (tertiary/aromatic N) is 3. The van der Waals surface area contributed by atoms with E-state index in [2.05, 4.69) is 5.32 Å². The van der Waals surface area contributed by atoms with Crippen molar-refractivity contribution in [1.29, 1.82) is 5.26 Å². The lowest BCUT2D eigenvalue weighted by atomic mass is 10.3. The number of amides is 1. The van der Waals surface area contributed by atoms with Gasteiger partial charge in [0.1, 0.15) is 18.2 Å². The van der Waals surface area contributed by atoms with Gasteiger partial charge < -0.3 is 5.32 Å². The quantitative estimate of drug-likeness (QED) is 0.730. The zero-order valence-electron chi connectivity index (χ0n) is 11.7. The molecule has 0 saturated carbocycles. The first-order valence-electron chi connectivity index (χ1n) is 6.56. The number of rotatable bonds is 6. The van der Waals surface area contributed by atoms with Gasteiger partial charge in [-0.1, -0.05) is 13.3 Å². The van der Waals surface area contributed by atoms with E-state index >= 15 is 0 Å². The molecule has 0 aliphatic carbocycles. The Hall–Kier alpha value is -2.36. The summed E-state index contributed by atoms with van der Waals surface area (Å²) in [5.74, 6) is -0.407. The maximum absolute atomic E-state index is 12.0. The van der Waals surface area contributed by atoms with Crippen molar-refractivity contribution in [3.05, 3.63) is 32.6 Å². The summed E-state index contributed by atoms with van der Waals surface area (Å²) in [6, 6.07) is 1.74. The second-order valence-electron chi connectivity index (χ2n) is 4.32. The molecule has 1 aromatic rings. The molecule has 0 unspecified atom stereocenters. The molecule has 0 aliphatic rings. The van der Waals surface area contributed by atoms with Crippen molar-refractivity contribution in [3.8, 4) is 6.07 Å². The first-order valence-corrected chi connectivity index (χ1v) is 6.56. The fourth-order valence-electron chi connectivity index (χ4n) is 1.70. The molecule has 0 spiro atoms. The minimum absolute atomic E-state index is 0.146. The highest BCUT2D eigenvalue weighted by Gasteiger charge is 2.13. The minimum Gasteiger partial charge on any atom is -0.355 e. The Morgan fingerprint density at radius 2 is 2.10 bits per heavy atom. The first-order chi connectivity index (χ1) is 9.54. The number of nitrogens with one attached hydrogen (secondary N) is 1. The summed E-state index contributed by atoms with van der Waals surface area (Å²) >= 11 is 0. The molecule has 1 N–H and O–H groups in total. The van der Waals surface area contributed by atoms with Crippen molar-refractivity contribution in [2.75, 3.05) is 6.54 Å². The summed E-state index contributed by atoms with van der Waals surface area (Å²) in [6.07, 6.45) is 2.99. The lowest BCUT2D eigenvalue weighted by molar-refractivity contribution is -0.121. The number of hydrogen-bond acceptors (Lipinski definition) is 4. The van der Waals surface area contributed by atoms with Crippen LogP contribution >= 0.6 is 0 Å². The van der Waals surface area contributed by atoms with Gasteiger partial charge in [0, 0.05) is 19.3 Å². The molecular formula is C13H18N4O3. The van der Waals surface area contributed by atoms with Crippen LogP contribution in [0.4, 0.5) is 0 Å². The van der Waals surface area contributed by atoms with E-state index in [1.807, 2.05) is 6.92 Å². The largest absolute Gasteiger partial charge is 0.355 e. The predicted molar refractivity (Wildman–Crippen MR) is 73.3 cm³/mol. The summed E-state index contributed by atoms with van der Waals surface area (Å²) in [5.41, 5.74) is -1.46. The Bertz CT molecular complexity index is 636. The Balaban J connectivity index is 3.06. The molecule has 0 aliphatic heterocycles. The fraction of sp³-hybridized carbons (Fsp3) is 0.538. The highest BCUT2D eigenvalue weighted by Crippen LogP contribution is 1.88. The van der Waals surface area contributed by atoms with Crippen LogP contribution in [0.5, 0.6) is 0 Å². The molecule has 1 amide bonds. The molecule has 1 rings (SSSR count). The number of aromatic nitrogens is 2. The highest BCUT2D eigenvalue weighted by atomic mass is 16.2. The molecule has 7 nitrogen and oxygen atoms in total. The van der Waals surface area contributed by atoms with Gasteiger partial charge in [-0.25, -0.2) is 9.36 Å². The van der Waals surface area contributed by atoms with Gasteiger partial charge in [0.15, 0.2) is 0 Å². The van der Waals surface area contributed by atoms with Gasteiger partial charge in [0.05, 0.1) is 0 Å². The van der Waals surface area contributed by atoms with Crippen LogP contribution in [0.15, 0.2) is 15.8 Å². The van der Waals surface area contributed by atoms with Crippen molar-refractivity contribution in [1.82, 2.24) is 14.5 Å². The molecule has 0 aromatic carbocycles. The van der Waals surface area contributed by atoms with Crippen LogP contribution in [0.25, 0.3) is 0 Å². The van der Waals surface area contributed by atoms with E-state index in [-0.39, 0.29) is 12.1 Å². The van der Waals surface area contributed by atoms with Crippen molar-refractivity contribution < 1.29 is 4.79 Å². The third kappa shape index (κ3) is 3.57. The third-order valence-corrected chi connectivity index (χ3v) is 2.85. The molecule has 0 saturated heterocycles. The summed E-state index contributed by atoms with van der Waals surface area (Å²) in [5, 5.41) is 11.5. The number of nitriles is 1. The molecule has 0 atom stereocenters. The zero-order valence-corrected chi connectivity index (χ0v) is 11.7. The van der Waals surface area contributed by atoms with E-state index < -0.39 is 17.2 Å². The van der Waals surface area contributed by atoms with E-state index in [1.54, 1.807) is 13.0 Å². The van der Waals surface area contributed by atoms with Gasteiger partial charge in [-0.15, -0.1) is 0 Å². The van der Waals surface area contributed by atoms with E-state index in [0.717, 1.165) is 17.4 Å². The normalized spacial score (nSPS) is 10.1. The Morgan fingerprint density at radius 3 is 2.65 bits per heavy atom. The van der Waals surface area contributed by atoms with Crippen molar-refractivity contribution >= 4 is 5.91 Å². The first kappa shape index (κ1) is 15.7. The van der Waals surface area contributed by atoms with Crippen LogP contribution in [-0.4, -0.2) is 21.6 Å². The molecule has 108 valence electrons. The summed E-state index contributed by atoms with van der Waals surface area (Å²) in [4.78, 5) is 35.6. The maximum Gasteiger partial charge on any atom is 0.331 e. The standard InChI is InChI=1S/C13H18N4O3/c1-3-5-6-15-11(18)9-17-12(19)10(7-14)8-16(4-2)13(17)20/h8H,3-6,9H2,1-2H3,(H,15,18). The Kier molecular flexibility index (Phi) is 5.72. The number of hydrogen-bond donors (Lipinski definition) is 1. The molecule has 1 heterocycles. The van der Waals surface area contributed by atoms with Gasteiger partial charge in [0.25, 0.3) is 5.56 Å². The Labute approximate surface area is 116 Å². The monoisotopic (exact) mass is 278 g/mol. The van der Waals surface area contributed by atoms with Crippen LogP contribution in [0, 0.1) is 11.3 Å². The van der Waals surface area contributed by atoms with Gasteiger partial charge in [0.2, 0.25) is 5.91 Å². The predicted octanol–water partition coefficient (Wildman–Crippen LogP) is -0.182. The summed E-state index contributed by atoms with van der Waals surface area (Å²) in [6.45, 7) is 4.18. The average molecular weight is 278 g/mol. The summed E-state index contributed by atoms with van der Waals surface area (Å²) < 4.78 is 2.03. The van der Waals surface area contributed by atoms with Gasteiger partial charge in [-0.2, -0.15) is 5.26 Å².